The van der Waals surface area contributed by atoms with Crippen molar-refractivity contribution in [2.75, 3.05) is 25.5 Å². The second kappa shape index (κ2) is 9.52. The number of amides is 1. The third-order valence-electron chi connectivity index (χ3n) is 3.49. The summed E-state index contributed by atoms with van der Waals surface area (Å²) in [6.45, 7) is 1.35. The number of ether oxygens (including phenoxy) is 1. The molecule has 0 fully saturated rings. The Balaban J connectivity index is 1.65. The molecular formula is C18H20Cl2N2O2. The smallest absolute Gasteiger partial charge is 0.225 e. The molecule has 1 amide bonds. The zero-order valence-corrected chi connectivity index (χ0v) is 15.0. The highest BCUT2D eigenvalue weighted by Crippen LogP contribution is 2.21. The molecule has 0 saturated carbocycles. The van der Waals surface area contributed by atoms with Crippen molar-refractivity contribution < 1.29 is 9.53 Å². The predicted molar refractivity (Wildman–Crippen MR) is 99.3 cm³/mol. The number of methoxy groups -OCH3 is 1. The van der Waals surface area contributed by atoms with Crippen LogP contribution in [0.4, 0.5) is 5.69 Å². The maximum atomic E-state index is 11.9. The second-order valence-corrected chi connectivity index (χ2v) is 6.11. The normalized spacial score (nSPS) is 10.5. The fourth-order valence-corrected chi connectivity index (χ4v) is 2.68. The lowest BCUT2D eigenvalue weighted by Crippen LogP contribution is -2.23. The summed E-state index contributed by atoms with van der Waals surface area (Å²) < 4.78 is 5.08. The van der Waals surface area contributed by atoms with Gasteiger partial charge in [-0.3, -0.25) is 4.79 Å². The van der Waals surface area contributed by atoms with Crippen LogP contribution >= 0.6 is 23.2 Å². The van der Waals surface area contributed by atoms with Crippen molar-refractivity contribution >= 4 is 34.8 Å². The van der Waals surface area contributed by atoms with Gasteiger partial charge in [0.25, 0.3) is 0 Å². The lowest BCUT2D eigenvalue weighted by atomic mass is 10.1. The Morgan fingerprint density at radius 1 is 1.08 bits per heavy atom. The van der Waals surface area contributed by atoms with Gasteiger partial charge in [0.1, 0.15) is 5.75 Å². The highest BCUT2D eigenvalue weighted by atomic mass is 35.5. The Kier molecular flexibility index (Phi) is 7.37. The first-order valence-corrected chi connectivity index (χ1v) is 8.42. The van der Waals surface area contributed by atoms with E-state index in [2.05, 4.69) is 10.6 Å². The number of halogens is 2. The first kappa shape index (κ1) is 18.6. The fourth-order valence-electron chi connectivity index (χ4n) is 2.17. The van der Waals surface area contributed by atoms with Gasteiger partial charge in [-0.2, -0.15) is 0 Å². The van der Waals surface area contributed by atoms with E-state index in [-0.39, 0.29) is 5.91 Å². The van der Waals surface area contributed by atoms with E-state index in [4.69, 9.17) is 27.9 Å². The molecule has 0 aliphatic carbocycles. The molecule has 0 atom stereocenters. The van der Waals surface area contributed by atoms with E-state index in [0.717, 1.165) is 30.0 Å². The third-order valence-corrected chi connectivity index (χ3v) is 4.08. The van der Waals surface area contributed by atoms with Crippen LogP contribution in [0.1, 0.15) is 12.0 Å². The van der Waals surface area contributed by atoms with Crippen LogP contribution in [0.25, 0.3) is 0 Å². The third kappa shape index (κ3) is 6.04. The Bertz CT molecular complexity index is 675. The summed E-state index contributed by atoms with van der Waals surface area (Å²) in [7, 11) is 1.61. The molecule has 0 bridgehead atoms. The number of benzene rings is 2. The quantitative estimate of drug-likeness (QED) is 0.689. The van der Waals surface area contributed by atoms with E-state index in [1.807, 2.05) is 36.4 Å². The van der Waals surface area contributed by atoms with E-state index in [9.17, 15) is 4.79 Å². The molecule has 0 heterocycles. The summed E-state index contributed by atoms with van der Waals surface area (Å²) in [6.07, 6.45) is 1.19. The monoisotopic (exact) mass is 366 g/mol. The molecule has 0 aromatic heterocycles. The maximum Gasteiger partial charge on any atom is 0.225 e. The molecule has 2 rings (SSSR count). The highest BCUT2D eigenvalue weighted by Gasteiger charge is 2.04. The lowest BCUT2D eigenvalue weighted by molar-refractivity contribution is -0.116. The predicted octanol–water partition coefficient (Wildman–Crippen LogP) is 4.16. The van der Waals surface area contributed by atoms with Gasteiger partial charge in [-0.25, -0.2) is 0 Å². The molecule has 0 spiro atoms. The molecule has 0 aliphatic rings. The van der Waals surface area contributed by atoms with E-state index >= 15 is 0 Å². The van der Waals surface area contributed by atoms with Gasteiger partial charge in [-0.15, -0.1) is 0 Å². The summed E-state index contributed by atoms with van der Waals surface area (Å²) in [5.74, 6) is 0.729. The average molecular weight is 367 g/mol. The Morgan fingerprint density at radius 3 is 2.50 bits per heavy atom. The van der Waals surface area contributed by atoms with Gasteiger partial charge in [-0.05, 0) is 54.9 Å². The maximum absolute atomic E-state index is 11.9. The van der Waals surface area contributed by atoms with Crippen LogP contribution in [-0.4, -0.2) is 26.1 Å². The van der Waals surface area contributed by atoms with Crippen LogP contribution in [0.15, 0.2) is 42.5 Å². The van der Waals surface area contributed by atoms with Crippen molar-refractivity contribution in [3.63, 3.8) is 0 Å². The summed E-state index contributed by atoms with van der Waals surface area (Å²) in [6, 6.07) is 12.7. The van der Waals surface area contributed by atoms with Crippen LogP contribution in [-0.2, 0) is 11.2 Å². The molecule has 6 heteroatoms. The molecular weight excluding hydrogens is 347 g/mol. The molecule has 0 saturated heterocycles. The van der Waals surface area contributed by atoms with Gasteiger partial charge in [0, 0.05) is 28.7 Å². The number of rotatable bonds is 8. The average Bonchev–Trinajstić information content (AvgIpc) is 2.57. The number of carbonyl (C=O) groups is 1. The Hall–Kier alpha value is -1.75. The van der Waals surface area contributed by atoms with Gasteiger partial charge in [0.05, 0.1) is 7.11 Å². The molecule has 2 aromatic rings. The van der Waals surface area contributed by atoms with Crippen LogP contribution in [0.5, 0.6) is 5.75 Å². The number of anilines is 1. The summed E-state index contributed by atoms with van der Waals surface area (Å²) in [5, 5.41) is 7.38. The lowest BCUT2D eigenvalue weighted by Gasteiger charge is -2.08. The Morgan fingerprint density at radius 2 is 1.83 bits per heavy atom. The van der Waals surface area contributed by atoms with Crippen LogP contribution < -0.4 is 15.4 Å². The molecule has 0 unspecified atom stereocenters. The minimum atomic E-state index is -0.0304. The molecule has 2 N–H and O–H groups in total. The summed E-state index contributed by atoms with van der Waals surface area (Å²) >= 11 is 12.0. The Labute approximate surface area is 152 Å². The van der Waals surface area contributed by atoms with E-state index in [0.29, 0.717) is 23.0 Å². The number of hydrogen-bond donors (Lipinski definition) is 2. The van der Waals surface area contributed by atoms with Crippen molar-refractivity contribution in [2.45, 2.75) is 12.8 Å². The molecule has 24 heavy (non-hydrogen) atoms. The topological polar surface area (TPSA) is 50.4 Å². The van der Waals surface area contributed by atoms with Gasteiger partial charge < -0.3 is 15.4 Å². The van der Waals surface area contributed by atoms with Crippen molar-refractivity contribution in [1.82, 2.24) is 5.32 Å². The van der Waals surface area contributed by atoms with Crippen LogP contribution in [0.3, 0.4) is 0 Å². The molecule has 0 aliphatic heterocycles. The molecule has 128 valence electrons. The van der Waals surface area contributed by atoms with Crippen molar-refractivity contribution in [3.8, 4) is 5.75 Å². The standard InChI is InChI=1S/C18H20Cl2N2O2/c1-24-16-6-4-15(5-7-16)22-18(23)9-11-21-10-8-13-2-3-14(19)12-17(13)20/h2-7,12,21H,8-11H2,1H3,(H,22,23). The fraction of sp³-hybridized carbons (Fsp3) is 0.278. The van der Waals surface area contributed by atoms with E-state index in [1.165, 1.54) is 0 Å². The summed E-state index contributed by atoms with van der Waals surface area (Å²) in [4.78, 5) is 11.9. The van der Waals surface area contributed by atoms with Gasteiger partial charge in [0.2, 0.25) is 5.91 Å². The number of hydrogen-bond acceptors (Lipinski definition) is 3. The molecule has 2 aromatic carbocycles. The zero-order valence-electron chi connectivity index (χ0n) is 13.4. The molecule has 4 nitrogen and oxygen atoms in total. The molecule has 0 radical (unpaired) electrons. The van der Waals surface area contributed by atoms with Crippen LogP contribution in [0.2, 0.25) is 10.0 Å². The number of carbonyl (C=O) groups excluding carboxylic acids is 1. The van der Waals surface area contributed by atoms with Crippen molar-refractivity contribution in [3.05, 3.63) is 58.1 Å². The first-order valence-electron chi connectivity index (χ1n) is 7.67. The minimum Gasteiger partial charge on any atom is -0.497 e. The van der Waals surface area contributed by atoms with Crippen molar-refractivity contribution in [2.24, 2.45) is 0 Å². The van der Waals surface area contributed by atoms with Gasteiger partial charge >= 0.3 is 0 Å². The largest absolute Gasteiger partial charge is 0.497 e. The SMILES string of the molecule is COc1ccc(NC(=O)CCNCCc2ccc(Cl)cc2Cl)cc1. The first-order chi connectivity index (χ1) is 11.6. The number of nitrogens with one attached hydrogen (secondary N) is 2. The van der Waals surface area contributed by atoms with Crippen molar-refractivity contribution in [1.29, 1.82) is 0 Å². The zero-order chi connectivity index (χ0) is 17.4. The second-order valence-electron chi connectivity index (χ2n) is 5.26. The van der Waals surface area contributed by atoms with Gasteiger partial charge in [-0.1, -0.05) is 29.3 Å². The summed E-state index contributed by atoms with van der Waals surface area (Å²) in [5.41, 5.74) is 1.80. The van der Waals surface area contributed by atoms with E-state index < -0.39 is 0 Å². The van der Waals surface area contributed by atoms with Crippen LogP contribution in [0, 0.1) is 0 Å². The highest BCUT2D eigenvalue weighted by molar-refractivity contribution is 6.35. The minimum absolute atomic E-state index is 0.0304. The van der Waals surface area contributed by atoms with E-state index in [1.54, 1.807) is 13.2 Å². The van der Waals surface area contributed by atoms with Gasteiger partial charge in [0.15, 0.2) is 0 Å².